The molecule has 0 aliphatic carbocycles. The first kappa shape index (κ1) is 11.7. The van der Waals surface area contributed by atoms with E-state index in [9.17, 15) is 4.79 Å². The van der Waals surface area contributed by atoms with Crippen molar-refractivity contribution < 1.29 is 4.42 Å². The van der Waals surface area contributed by atoms with Crippen LogP contribution < -0.4 is 10.9 Å². The van der Waals surface area contributed by atoms with E-state index in [1.807, 2.05) is 12.1 Å². The number of hydrogen-bond acceptors (Lipinski definition) is 3. The second-order valence-corrected chi connectivity index (χ2v) is 4.66. The summed E-state index contributed by atoms with van der Waals surface area (Å²) in [6, 6.07) is 7.52. The van der Waals surface area contributed by atoms with E-state index >= 15 is 0 Å². The van der Waals surface area contributed by atoms with Crippen molar-refractivity contribution in [1.29, 1.82) is 0 Å². The van der Waals surface area contributed by atoms with Gasteiger partial charge in [-0.05, 0) is 30.0 Å². The van der Waals surface area contributed by atoms with Gasteiger partial charge in [-0.2, -0.15) is 0 Å². The van der Waals surface area contributed by atoms with Gasteiger partial charge in [0.05, 0.1) is 5.69 Å². The molecular weight excluding hydrogens is 214 g/mol. The lowest BCUT2D eigenvalue weighted by Crippen LogP contribution is -2.01. The predicted octanol–water partition coefficient (Wildman–Crippen LogP) is 3.03. The van der Waals surface area contributed by atoms with Crippen LogP contribution in [0.5, 0.6) is 0 Å². The van der Waals surface area contributed by atoms with Gasteiger partial charge in [-0.1, -0.05) is 19.9 Å². The van der Waals surface area contributed by atoms with Gasteiger partial charge in [0.15, 0.2) is 0 Å². The first-order chi connectivity index (χ1) is 8.10. The van der Waals surface area contributed by atoms with Crippen molar-refractivity contribution in [3.05, 3.63) is 40.2 Å². The van der Waals surface area contributed by atoms with Crippen molar-refractivity contribution in [2.24, 2.45) is 5.92 Å². The quantitative estimate of drug-likeness (QED) is 0.825. The monoisotopic (exact) mass is 231 g/mol. The fraction of sp³-hybridized carbons (Fsp3) is 0.357. The van der Waals surface area contributed by atoms with Gasteiger partial charge < -0.3 is 9.73 Å². The number of benzene rings is 1. The second kappa shape index (κ2) is 4.62. The summed E-state index contributed by atoms with van der Waals surface area (Å²) in [7, 11) is 1.80. The Bertz CT molecular complexity index is 584. The zero-order chi connectivity index (χ0) is 12.4. The molecular formula is C14H17NO2. The maximum absolute atomic E-state index is 11.4. The Morgan fingerprint density at radius 2 is 2.06 bits per heavy atom. The molecule has 0 radical (unpaired) electrons. The lowest BCUT2D eigenvalue weighted by Gasteiger charge is -2.08. The smallest absolute Gasteiger partial charge is 0.338 e. The molecule has 0 amide bonds. The Balaban J connectivity index is 2.57. The van der Waals surface area contributed by atoms with Crippen LogP contribution in [0.4, 0.5) is 5.69 Å². The van der Waals surface area contributed by atoms with Gasteiger partial charge in [0.1, 0.15) is 5.58 Å². The average molecular weight is 231 g/mol. The van der Waals surface area contributed by atoms with Crippen LogP contribution in [0.25, 0.3) is 11.0 Å². The van der Waals surface area contributed by atoms with Crippen molar-refractivity contribution in [2.45, 2.75) is 20.3 Å². The first-order valence-corrected chi connectivity index (χ1v) is 5.84. The van der Waals surface area contributed by atoms with E-state index in [0.29, 0.717) is 11.5 Å². The third-order valence-corrected chi connectivity index (χ3v) is 2.72. The fourth-order valence-electron chi connectivity index (χ4n) is 2.01. The standard InChI is InChI=1S/C14H17NO2/c1-9(2)6-10-4-5-11-12(15-3)8-14(16)17-13(11)7-10/h4-5,7-9,15H,6H2,1-3H3. The zero-order valence-electron chi connectivity index (χ0n) is 10.4. The fourth-order valence-corrected chi connectivity index (χ4v) is 2.01. The van der Waals surface area contributed by atoms with E-state index in [2.05, 4.69) is 25.2 Å². The van der Waals surface area contributed by atoms with Gasteiger partial charge in [-0.3, -0.25) is 0 Å². The molecule has 90 valence electrons. The summed E-state index contributed by atoms with van der Waals surface area (Å²) >= 11 is 0. The lowest BCUT2D eigenvalue weighted by molar-refractivity contribution is 0.560. The Labute approximate surface area is 100 Å². The van der Waals surface area contributed by atoms with Crippen LogP contribution in [-0.4, -0.2) is 7.05 Å². The number of rotatable bonds is 3. The van der Waals surface area contributed by atoms with E-state index in [4.69, 9.17) is 4.42 Å². The van der Waals surface area contributed by atoms with Crippen molar-refractivity contribution in [1.82, 2.24) is 0 Å². The molecule has 2 rings (SSSR count). The SMILES string of the molecule is CNc1cc(=O)oc2cc(CC(C)C)ccc12. The van der Waals surface area contributed by atoms with E-state index in [-0.39, 0.29) is 5.63 Å². The van der Waals surface area contributed by atoms with Crippen molar-refractivity contribution >= 4 is 16.7 Å². The molecule has 0 atom stereocenters. The average Bonchev–Trinajstić information content (AvgIpc) is 2.26. The largest absolute Gasteiger partial charge is 0.423 e. The van der Waals surface area contributed by atoms with Crippen molar-refractivity contribution in [3.63, 3.8) is 0 Å². The highest BCUT2D eigenvalue weighted by atomic mass is 16.4. The van der Waals surface area contributed by atoms with E-state index in [1.54, 1.807) is 7.05 Å². The highest BCUT2D eigenvalue weighted by Gasteiger charge is 2.06. The van der Waals surface area contributed by atoms with Crippen LogP contribution in [0.2, 0.25) is 0 Å². The normalized spacial score (nSPS) is 11.1. The molecule has 0 aliphatic rings. The van der Waals surface area contributed by atoms with Gasteiger partial charge in [0.2, 0.25) is 0 Å². The highest BCUT2D eigenvalue weighted by molar-refractivity contribution is 5.89. The molecule has 1 aromatic heterocycles. The molecule has 0 saturated carbocycles. The molecule has 0 bridgehead atoms. The summed E-state index contributed by atoms with van der Waals surface area (Å²) < 4.78 is 5.23. The third-order valence-electron chi connectivity index (χ3n) is 2.72. The summed E-state index contributed by atoms with van der Waals surface area (Å²) in [4.78, 5) is 11.4. The van der Waals surface area contributed by atoms with Gasteiger partial charge in [-0.25, -0.2) is 4.79 Å². The van der Waals surface area contributed by atoms with E-state index in [1.165, 1.54) is 11.6 Å². The maximum atomic E-state index is 11.4. The molecule has 1 aromatic carbocycles. The molecule has 3 heteroatoms. The number of hydrogen-bond donors (Lipinski definition) is 1. The van der Waals surface area contributed by atoms with Crippen LogP contribution >= 0.6 is 0 Å². The highest BCUT2D eigenvalue weighted by Crippen LogP contribution is 2.23. The number of fused-ring (bicyclic) bond motifs is 1. The molecule has 0 unspecified atom stereocenters. The minimum Gasteiger partial charge on any atom is -0.423 e. The Kier molecular flexibility index (Phi) is 3.18. The van der Waals surface area contributed by atoms with Crippen LogP contribution in [0.1, 0.15) is 19.4 Å². The summed E-state index contributed by atoms with van der Waals surface area (Å²) in [5.41, 5.74) is 2.35. The minimum absolute atomic E-state index is 0.316. The molecule has 0 aliphatic heterocycles. The molecule has 17 heavy (non-hydrogen) atoms. The summed E-state index contributed by atoms with van der Waals surface area (Å²) in [6.07, 6.45) is 0.990. The third kappa shape index (κ3) is 2.49. The topological polar surface area (TPSA) is 42.2 Å². The lowest BCUT2D eigenvalue weighted by atomic mass is 10.0. The number of nitrogens with one attached hydrogen (secondary N) is 1. The first-order valence-electron chi connectivity index (χ1n) is 5.84. The predicted molar refractivity (Wildman–Crippen MR) is 70.6 cm³/mol. The van der Waals surface area contributed by atoms with Gasteiger partial charge in [0, 0.05) is 18.5 Å². The van der Waals surface area contributed by atoms with Gasteiger partial charge in [-0.15, -0.1) is 0 Å². The molecule has 1 N–H and O–H groups in total. The van der Waals surface area contributed by atoms with Gasteiger partial charge in [0.25, 0.3) is 0 Å². The maximum Gasteiger partial charge on any atom is 0.338 e. The van der Waals surface area contributed by atoms with E-state index in [0.717, 1.165) is 17.5 Å². The van der Waals surface area contributed by atoms with Crippen LogP contribution in [0.3, 0.4) is 0 Å². The van der Waals surface area contributed by atoms with Crippen LogP contribution in [-0.2, 0) is 6.42 Å². The molecule has 0 spiro atoms. The van der Waals surface area contributed by atoms with E-state index < -0.39 is 0 Å². The van der Waals surface area contributed by atoms with Crippen molar-refractivity contribution in [2.75, 3.05) is 12.4 Å². The minimum atomic E-state index is -0.316. The zero-order valence-corrected chi connectivity index (χ0v) is 10.4. The molecule has 0 saturated heterocycles. The van der Waals surface area contributed by atoms with Gasteiger partial charge >= 0.3 is 5.63 Å². The Hall–Kier alpha value is -1.77. The number of anilines is 1. The Morgan fingerprint density at radius 1 is 1.29 bits per heavy atom. The van der Waals surface area contributed by atoms with Crippen LogP contribution in [0.15, 0.2) is 33.5 Å². The van der Waals surface area contributed by atoms with Crippen molar-refractivity contribution in [3.8, 4) is 0 Å². The van der Waals surface area contributed by atoms with Crippen LogP contribution in [0, 0.1) is 5.92 Å². The molecule has 3 nitrogen and oxygen atoms in total. The molecule has 1 heterocycles. The second-order valence-electron chi connectivity index (χ2n) is 4.66. The molecule has 0 fully saturated rings. The Morgan fingerprint density at radius 3 is 2.71 bits per heavy atom. The summed E-state index contributed by atoms with van der Waals surface area (Å²) in [5, 5.41) is 3.96. The molecule has 2 aromatic rings. The summed E-state index contributed by atoms with van der Waals surface area (Å²) in [5.74, 6) is 0.589. The summed E-state index contributed by atoms with van der Waals surface area (Å²) in [6.45, 7) is 4.34.